The Morgan fingerprint density at radius 2 is 1.25 bits per heavy atom. The number of ether oxygens (including phenoxy) is 3. The molecule has 0 bridgehead atoms. The summed E-state index contributed by atoms with van der Waals surface area (Å²) in [6.45, 7) is 3.97. The van der Waals surface area contributed by atoms with Gasteiger partial charge in [0.05, 0.1) is 12.7 Å². The van der Waals surface area contributed by atoms with Gasteiger partial charge in [-0.3, -0.25) is 0 Å². The van der Waals surface area contributed by atoms with Crippen LogP contribution in [-0.4, -0.2) is 25.4 Å². The second kappa shape index (κ2) is 17.4. The molecule has 0 aliphatic heterocycles. The van der Waals surface area contributed by atoms with Crippen LogP contribution < -0.4 is 9.47 Å². The first-order valence-corrected chi connectivity index (χ1v) is 17.2. The summed E-state index contributed by atoms with van der Waals surface area (Å²) >= 11 is 0. The summed E-state index contributed by atoms with van der Waals surface area (Å²) in [5.41, 5.74) is 0.395. The smallest absolute Gasteiger partial charge is 0.421 e. The number of hydrogen-bond donors (Lipinski definition) is 0. The average Bonchev–Trinajstić information content (AvgIpc) is 3.03. The largest absolute Gasteiger partial charge is 0.490 e. The number of alkyl halides is 2. The Kier molecular flexibility index (Phi) is 13.7. The molecular weight excluding hydrogens is 568 g/mol. The Morgan fingerprint density at radius 3 is 1.84 bits per heavy atom. The van der Waals surface area contributed by atoms with Crippen LogP contribution in [0.2, 0.25) is 0 Å². The third-order valence-corrected chi connectivity index (χ3v) is 9.63. The lowest BCUT2D eigenvalue weighted by atomic mass is 9.80. The highest BCUT2D eigenvalue weighted by Crippen LogP contribution is 2.35. The topological polar surface area (TPSA) is 27.7 Å². The summed E-state index contributed by atoms with van der Waals surface area (Å²) in [6, 6.07) is 8.48. The minimum absolute atomic E-state index is 0.0365. The van der Waals surface area contributed by atoms with Gasteiger partial charge in [-0.25, -0.2) is 4.39 Å². The van der Waals surface area contributed by atoms with E-state index < -0.39 is 24.3 Å². The zero-order chi connectivity index (χ0) is 31.4. The van der Waals surface area contributed by atoms with Crippen molar-refractivity contribution in [3.8, 4) is 22.6 Å². The van der Waals surface area contributed by atoms with Crippen molar-refractivity contribution in [3.63, 3.8) is 0 Å². The summed E-state index contributed by atoms with van der Waals surface area (Å²) in [7, 11) is 0. The molecule has 7 heteroatoms. The number of hydrogen-bond acceptors (Lipinski definition) is 3. The fraction of sp³-hybridized carbons (Fsp3) is 0.676. The van der Waals surface area contributed by atoms with E-state index in [2.05, 4.69) is 13.8 Å². The van der Waals surface area contributed by atoms with Gasteiger partial charge in [0.25, 0.3) is 0 Å². The maximum absolute atomic E-state index is 15.0. The minimum atomic E-state index is -3.50. The van der Waals surface area contributed by atoms with E-state index in [0.717, 1.165) is 44.4 Å². The number of halogens is 4. The van der Waals surface area contributed by atoms with Crippen molar-refractivity contribution in [1.29, 1.82) is 0 Å². The Bertz CT molecular complexity index is 1110. The van der Waals surface area contributed by atoms with Crippen LogP contribution in [0.1, 0.15) is 117 Å². The molecule has 2 saturated carbocycles. The van der Waals surface area contributed by atoms with Crippen molar-refractivity contribution in [3.05, 3.63) is 48.0 Å². The first kappa shape index (κ1) is 34.6. The van der Waals surface area contributed by atoms with Gasteiger partial charge in [0, 0.05) is 5.56 Å². The molecule has 44 heavy (non-hydrogen) atoms. The third-order valence-electron chi connectivity index (χ3n) is 9.63. The average molecular weight is 621 g/mol. The van der Waals surface area contributed by atoms with Crippen molar-refractivity contribution in [2.75, 3.05) is 13.2 Å². The summed E-state index contributed by atoms with van der Waals surface area (Å²) in [4.78, 5) is 0. The minimum Gasteiger partial charge on any atom is -0.490 e. The van der Waals surface area contributed by atoms with Crippen LogP contribution in [0.15, 0.2) is 36.4 Å². The number of rotatable bonds is 17. The molecule has 0 amide bonds. The predicted octanol–water partition coefficient (Wildman–Crippen LogP) is 11.5. The van der Waals surface area contributed by atoms with Crippen molar-refractivity contribution in [2.45, 2.75) is 129 Å². The molecule has 2 fully saturated rings. The third kappa shape index (κ3) is 10.7. The Hall–Kier alpha value is -2.28. The lowest BCUT2D eigenvalue weighted by Crippen LogP contribution is -2.34. The molecule has 0 unspecified atom stereocenters. The maximum Gasteiger partial charge on any atom is 0.421 e. The maximum atomic E-state index is 15.0. The highest BCUT2D eigenvalue weighted by Gasteiger charge is 2.34. The summed E-state index contributed by atoms with van der Waals surface area (Å²) in [5, 5.41) is 0. The molecule has 4 rings (SSSR count). The Morgan fingerprint density at radius 1 is 0.682 bits per heavy atom. The fourth-order valence-electron chi connectivity index (χ4n) is 6.83. The predicted molar refractivity (Wildman–Crippen MR) is 168 cm³/mol. The molecule has 2 aliphatic carbocycles. The molecule has 0 atom stereocenters. The van der Waals surface area contributed by atoms with Crippen LogP contribution in [0.5, 0.6) is 11.5 Å². The number of benzene rings is 2. The highest BCUT2D eigenvalue weighted by molar-refractivity contribution is 5.66. The van der Waals surface area contributed by atoms with E-state index in [1.165, 1.54) is 101 Å². The van der Waals surface area contributed by atoms with E-state index in [-0.39, 0.29) is 23.2 Å². The van der Waals surface area contributed by atoms with Gasteiger partial charge in [-0.15, -0.1) is 0 Å². The van der Waals surface area contributed by atoms with Gasteiger partial charge < -0.3 is 14.2 Å². The lowest BCUT2D eigenvalue weighted by molar-refractivity contribution is -0.222. The van der Waals surface area contributed by atoms with Gasteiger partial charge in [0.15, 0.2) is 18.2 Å². The van der Waals surface area contributed by atoms with Crippen molar-refractivity contribution >= 4 is 0 Å². The normalized spacial score (nSPS) is 22.6. The Balaban J connectivity index is 1.22. The van der Waals surface area contributed by atoms with Crippen LogP contribution in [0.3, 0.4) is 0 Å². The van der Waals surface area contributed by atoms with Crippen LogP contribution in [0, 0.1) is 29.4 Å². The van der Waals surface area contributed by atoms with E-state index in [9.17, 15) is 13.2 Å². The van der Waals surface area contributed by atoms with Crippen molar-refractivity contribution < 1.29 is 31.8 Å². The molecule has 0 heterocycles. The molecule has 3 nitrogen and oxygen atoms in total. The molecule has 0 spiro atoms. The van der Waals surface area contributed by atoms with Gasteiger partial charge in [-0.05, 0) is 86.1 Å². The van der Waals surface area contributed by atoms with Crippen LogP contribution in [0.25, 0.3) is 11.1 Å². The molecule has 2 aromatic rings. The van der Waals surface area contributed by atoms with Crippen molar-refractivity contribution in [2.24, 2.45) is 17.8 Å². The first-order valence-electron chi connectivity index (χ1n) is 17.2. The zero-order valence-electron chi connectivity index (χ0n) is 26.7. The standard InChI is InChI=1S/C37H52F4O3/c1-3-5-7-9-27-11-13-29(14-12-27)25-42-34-24-23-33(35(38)36(34)39)30-17-21-32(22-18-30)44-37(40,41)26-43-31-19-15-28(16-20-31)10-8-6-4-2/h17-18,21-24,27-29,31H,3-16,19-20,25-26H2,1-2H3. The molecule has 2 aliphatic rings. The van der Waals surface area contributed by atoms with E-state index in [1.54, 1.807) is 0 Å². The quantitative estimate of drug-likeness (QED) is 0.130. The van der Waals surface area contributed by atoms with Crippen molar-refractivity contribution in [1.82, 2.24) is 0 Å². The second-order valence-electron chi connectivity index (χ2n) is 13.1. The molecule has 2 aromatic carbocycles. The second-order valence-corrected chi connectivity index (χ2v) is 13.1. The lowest BCUT2D eigenvalue weighted by Gasteiger charge is -2.29. The molecule has 0 aromatic heterocycles. The SMILES string of the molecule is CCCCCC1CCC(COc2ccc(-c3ccc(OC(F)(F)COC4CCC(CCCCC)CC4)cc3)c(F)c2F)CC1. The first-order chi connectivity index (χ1) is 21.3. The molecule has 0 saturated heterocycles. The monoisotopic (exact) mass is 620 g/mol. The van der Waals surface area contributed by atoms with Crippen LogP contribution in [0.4, 0.5) is 17.6 Å². The summed E-state index contributed by atoms with van der Waals surface area (Å²) in [5.74, 6) is -0.412. The van der Waals surface area contributed by atoms with Gasteiger partial charge in [0.2, 0.25) is 5.82 Å². The van der Waals surface area contributed by atoms with E-state index >= 15 is 4.39 Å². The molecule has 0 radical (unpaired) electrons. The van der Waals surface area contributed by atoms with E-state index in [4.69, 9.17) is 14.2 Å². The van der Waals surface area contributed by atoms with Gasteiger partial charge in [0.1, 0.15) is 5.75 Å². The van der Waals surface area contributed by atoms with E-state index in [0.29, 0.717) is 24.0 Å². The highest BCUT2D eigenvalue weighted by atomic mass is 19.3. The van der Waals surface area contributed by atoms with Gasteiger partial charge >= 0.3 is 6.11 Å². The molecule has 246 valence electrons. The van der Waals surface area contributed by atoms with Gasteiger partial charge in [-0.2, -0.15) is 13.2 Å². The van der Waals surface area contributed by atoms with E-state index in [1.807, 2.05) is 0 Å². The van der Waals surface area contributed by atoms with Crippen LogP contribution >= 0.6 is 0 Å². The van der Waals surface area contributed by atoms with Gasteiger partial charge in [-0.1, -0.05) is 90.2 Å². The fourth-order valence-corrected chi connectivity index (χ4v) is 6.83. The zero-order valence-corrected chi connectivity index (χ0v) is 26.7. The number of unbranched alkanes of at least 4 members (excludes halogenated alkanes) is 4. The molecule has 0 N–H and O–H groups in total. The summed E-state index contributed by atoms with van der Waals surface area (Å²) < 4.78 is 75.2. The Labute approximate surface area is 262 Å². The van der Waals surface area contributed by atoms with Crippen LogP contribution in [-0.2, 0) is 4.74 Å². The summed E-state index contributed by atoms with van der Waals surface area (Å²) in [6.07, 6.45) is 14.4. The molecular formula is C37H52F4O3.